The molecule has 0 spiro atoms. The van der Waals surface area contributed by atoms with Crippen molar-refractivity contribution in [3.63, 3.8) is 0 Å². The zero-order valence-electron chi connectivity index (χ0n) is 9.01. The van der Waals surface area contributed by atoms with Crippen molar-refractivity contribution in [3.8, 4) is 0 Å². The van der Waals surface area contributed by atoms with E-state index < -0.39 is 0 Å². The fraction of sp³-hybridized carbons (Fsp3) is 0. The number of hydrogen-bond donors (Lipinski definition) is 3. The topological polar surface area (TPSA) is 79.6 Å². The minimum atomic E-state index is 0.449. The van der Waals surface area contributed by atoms with E-state index in [0.29, 0.717) is 11.8 Å². The maximum absolute atomic E-state index is 5.59. The second-order valence-electron chi connectivity index (χ2n) is 3.71. The normalized spacial score (nSPS) is 10.6. The van der Waals surface area contributed by atoms with Crippen LogP contribution in [0.4, 0.5) is 17.5 Å². The molecule has 0 radical (unpaired) electrons. The van der Waals surface area contributed by atoms with Crippen molar-refractivity contribution in [1.29, 1.82) is 0 Å². The molecule has 0 saturated heterocycles. The highest BCUT2D eigenvalue weighted by Gasteiger charge is 2.00. The lowest BCUT2D eigenvalue weighted by molar-refractivity contribution is 1.17. The van der Waals surface area contributed by atoms with Gasteiger partial charge in [-0.2, -0.15) is 4.98 Å². The molecular weight excluding hydrogens is 214 g/mol. The number of anilines is 3. The molecule has 0 unspecified atom stereocenters. The van der Waals surface area contributed by atoms with E-state index in [0.717, 1.165) is 16.6 Å². The fourth-order valence-electron chi connectivity index (χ4n) is 1.69. The van der Waals surface area contributed by atoms with Gasteiger partial charge in [0.1, 0.15) is 5.82 Å². The monoisotopic (exact) mass is 225 g/mol. The van der Waals surface area contributed by atoms with Crippen LogP contribution in [0.1, 0.15) is 0 Å². The Morgan fingerprint density at radius 1 is 1.18 bits per heavy atom. The summed E-state index contributed by atoms with van der Waals surface area (Å²) in [5.74, 6) is 0.949. The van der Waals surface area contributed by atoms with E-state index in [9.17, 15) is 0 Å². The van der Waals surface area contributed by atoms with E-state index in [1.807, 2.05) is 30.5 Å². The van der Waals surface area contributed by atoms with Gasteiger partial charge in [-0.1, -0.05) is 0 Å². The van der Waals surface area contributed by atoms with Crippen molar-refractivity contribution in [2.45, 2.75) is 0 Å². The molecule has 0 aliphatic carbocycles. The lowest BCUT2D eigenvalue weighted by atomic mass is 10.2. The van der Waals surface area contributed by atoms with E-state index in [-0.39, 0.29) is 0 Å². The van der Waals surface area contributed by atoms with Crippen molar-refractivity contribution < 1.29 is 0 Å². The minimum absolute atomic E-state index is 0.449. The Hall–Kier alpha value is -2.56. The van der Waals surface area contributed by atoms with E-state index in [2.05, 4.69) is 20.3 Å². The molecule has 4 N–H and O–H groups in total. The van der Waals surface area contributed by atoms with Gasteiger partial charge in [-0.05, 0) is 30.3 Å². The molecular formula is C12H11N5. The summed E-state index contributed by atoms with van der Waals surface area (Å²) in [7, 11) is 0. The van der Waals surface area contributed by atoms with E-state index in [4.69, 9.17) is 5.73 Å². The first-order valence-electron chi connectivity index (χ1n) is 5.24. The third-order valence-corrected chi connectivity index (χ3v) is 2.49. The summed E-state index contributed by atoms with van der Waals surface area (Å²) in [5, 5.41) is 4.25. The largest absolute Gasteiger partial charge is 0.384 e. The van der Waals surface area contributed by atoms with Crippen LogP contribution in [0.15, 0.2) is 42.7 Å². The molecule has 5 heteroatoms. The molecule has 2 heterocycles. The Morgan fingerprint density at radius 2 is 2.12 bits per heavy atom. The number of rotatable bonds is 2. The third-order valence-electron chi connectivity index (χ3n) is 2.49. The fourth-order valence-corrected chi connectivity index (χ4v) is 1.69. The number of nitrogen functional groups attached to an aromatic ring is 1. The molecule has 5 nitrogen and oxygen atoms in total. The van der Waals surface area contributed by atoms with Gasteiger partial charge in [0, 0.05) is 29.0 Å². The highest BCUT2D eigenvalue weighted by Crippen LogP contribution is 2.20. The number of fused-ring (bicyclic) bond motifs is 1. The van der Waals surface area contributed by atoms with E-state index in [1.165, 1.54) is 0 Å². The first-order chi connectivity index (χ1) is 8.31. The van der Waals surface area contributed by atoms with Gasteiger partial charge in [0.15, 0.2) is 0 Å². The predicted molar refractivity (Wildman–Crippen MR) is 68.0 cm³/mol. The summed E-state index contributed by atoms with van der Waals surface area (Å²) in [6.07, 6.45) is 3.53. The molecule has 17 heavy (non-hydrogen) atoms. The summed E-state index contributed by atoms with van der Waals surface area (Å²) < 4.78 is 0. The van der Waals surface area contributed by atoms with Gasteiger partial charge in [0.2, 0.25) is 5.95 Å². The van der Waals surface area contributed by atoms with E-state index >= 15 is 0 Å². The van der Waals surface area contributed by atoms with Gasteiger partial charge < -0.3 is 16.0 Å². The first-order valence-corrected chi connectivity index (χ1v) is 5.24. The van der Waals surface area contributed by atoms with Crippen molar-refractivity contribution in [1.82, 2.24) is 15.0 Å². The molecule has 0 aliphatic heterocycles. The number of aromatic amines is 1. The molecule has 0 amide bonds. The Bertz CT molecular complexity index is 659. The molecule has 3 aromatic rings. The number of nitrogens with one attached hydrogen (secondary N) is 2. The number of hydrogen-bond acceptors (Lipinski definition) is 4. The molecule has 0 atom stereocenters. The number of aromatic nitrogens is 3. The smallest absolute Gasteiger partial charge is 0.229 e. The van der Waals surface area contributed by atoms with Gasteiger partial charge in [-0.15, -0.1) is 0 Å². The summed E-state index contributed by atoms with van der Waals surface area (Å²) in [6, 6.07) is 9.66. The zero-order valence-corrected chi connectivity index (χ0v) is 9.01. The van der Waals surface area contributed by atoms with Crippen molar-refractivity contribution in [3.05, 3.63) is 42.7 Å². The van der Waals surface area contributed by atoms with Gasteiger partial charge in [-0.3, -0.25) is 0 Å². The molecule has 3 rings (SSSR count). The molecule has 0 saturated carbocycles. The minimum Gasteiger partial charge on any atom is -0.384 e. The maximum atomic E-state index is 5.59. The van der Waals surface area contributed by atoms with Gasteiger partial charge in [-0.25, -0.2) is 4.98 Å². The number of H-pyrrole nitrogens is 1. The highest BCUT2D eigenvalue weighted by molar-refractivity contribution is 5.83. The van der Waals surface area contributed by atoms with Crippen LogP contribution in [0.3, 0.4) is 0 Å². The zero-order chi connectivity index (χ0) is 11.7. The Balaban J connectivity index is 1.94. The molecule has 0 aliphatic rings. The van der Waals surface area contributed by atoms with Crippen LogP contribution in [0.2, 0.25) is 0 Å². The Kier molecular flexibility index (Phi) is 2.15. The van der Waals surface area contributed by atoms with Gasteiger partial charge in [0.05, 0.1) is 0 Å². The van der Waals surface area contributed by atoms with Crippen molar-refractivity contribution in [2.75, 3.05) is 11.1 Å². The van der Waals surface area contributed by atoms with Gasteiger partial charge in [0.25, 0.3) is 0 Å². The number of nitrogens with zero attached hydrogens (tertiary/aromatic N) is 2. The highest BCUT2D eigenvalue weighted by atomic mass is 15.1. The van der Waals surface area contributed by atoms with Crippen molar-refractivity contribution >= 4 is 28.4 Å². The average Bonchev–Trinajstić information content (AvgIpc) is 2.76. The van der Waals surface area contributed by atoms with Crippen LogP contribution in [-0.4, -0.2) is 15.0 Å². The van der Waals surface area contributed by atoms with Gasteiger partial charge >= 0.3 is 0 Å². The number of nitrogens with two attached hydrogens (primary N) is 1. The molecule has 1 aromatic carbocycles. The van der Waals surface area contributed by atoms with Crippen LogP contribution in [-0.2, 0) is 0 Å². The molecule has 2 aromatic heterocycles. The Labute approximate surface area is 97.7 Å². The van der Waals surface area contributed by atoms with Crippen molar-refractivity contribution in [2.24, 2.45) is 0 Å². The summed E-state index contributed by atoms with van der Waals surface area (Å²) >= 11 is 0. The molecule has 84 valence electrons. The SMILES string of the molecule is Nc1ccnc(Nc2ccc3[nH]ccc3c2)n1. The number of benzene rings is 1. The van der Waals surface area contributed by atoms with Crippen LogP contribution in [0, 0.1) is 0 Å². The summed E-state index contributed by atoms with van der Waals surface area (Å²) in [4.78, 5) is 11.3. The molecule has 0 fully saturated rings. The lowest BCUT2D eigenvalue weighted by Crippen LogP contribution is -1.99. The lowest BCUT2D eigenvalue weighted by Gasteiger charge is -2.04. The summed E-state index contributed by atoms with van der Waals surface area (Å²) in [6.45, 7) is 0. The standard InChI is InChI=1S/C12H11N5/c13-11-4-6-15-12(17-11)16-9-1-2-10-8(7-9)3-5-14-10/h1-7,14H,(H3,13,15,16,17). The third kappa shape index (κ3) is 1.90. The Morgan fingerprint density at radius 3 is 3.00 bits per heavy atom. The predicted octanol–water partition coefficient (Wildman–Crippen LogP) is 2.28. The molecule has 0 bridgehead atoms. The first kappa shape index (κ1) is 9.65. The average molecular weight is 225 g/mol. The second kappa shape index (κ2) is 3.79. The van der Waals surface area contributed by atoms with Crippen LogP contribution >= 0.6 is 0 Å². The van der Waals surface area contributed by atoms with E-state index in [1.54, 1.807) is 12.3 Å². The summed E-state index contributed by atoms with van der Waals surface area (Å²) in [5.41, 5.74) is 7.62. The quantitative estimate of drug-likeness (QED) is 0.625. The maximum Gasteiger partial charge on any atom is 0.229 e. The van der Waals surface area contributed by atoms with Crippen LogP contribution in [0.5, 0.6) is 0 Å². The second-order valence-corrected chi connectivity index (χ2v) is 3.71. The van der Waals surface area contributed by atoms with Crippen LogP contribution < -0.4 is 11.1 Å². The van der Waals surface area contributed by atoms with Crippen LogP contribution in [0.25, 0.3) is 10.9 Å².